The number of nitrogens with zero attached hydrogens (tertiary/aromatic N) is 3. The van der Waals surface area contributed by atoms with E-state index in [2.05, 4.69) is 68.0 Å². The molecular weight excluding hydrogens is 476 g/mol. The van der Waals surface area contributed by atoms with Crippen molar-refractivity contribution in [3.05, 3.63) is 58.1 Å². The Kier molecular flexibility index (Phi) is 7.89. The van der Waals surface area contributed by atoms with Crippen LogP contribution in [0, 0.1) is 6.92 Å². The number of carbonyl (C=O) groups excluding carboxylic acids is 1. The van der Waals surface area contributed by atoms with Gasteiger partial charge in [0.15, 0.2) is 0 Å². The summed E-state index contributed by atoms with van der Waals surface area (Å²) in [7, 11) is 0. The van der Waals surface area contributed by atoms with Crippen molar-refractivity contribution in [1.29, 1.82) is 0 Å². The second-order valence-corrected chi connectivity index (χ2v) is 10.2. The van der Waals surface area contributed by atoms with Gasteiger partial charge in [-0.3, -0.25) is 0 Å². The molecule has 31 heavy (non-hydrogen) atoms. The largest absolute Gasteiger partial charge is 0.444 e. The summed E-state index contributed by atoms with van der Waals surface area (Å²) in [6, 6.07) is 14.4. The van der Waals surface area contributed by atoms with Crippen LogP contribution in [0.15, 0.2) is 56.9 Å². The molecular formula is C23H29BrN4O2S. The molecule has 1 aliphatic rings. The molecule has 1 amide bonds. The number of aryl methyl sites for hydroxylation is 1. The molecule has 3 rings (SSSR count). The Morgan fingerprint density at radius 2 is 1.81 bits per heavy atom. The molecule has 166 valence electrons. The second kappa shape index (κ2) is 10.4. The van der Waals surface area contributed by atoms with E-state index in [1.54, 1.807) is 4.90 Å². The van der Waals surface area contributed by atoms with Gasteiger partial charge < -0.3 is 14.5 Å². The van der Waals surface area contributed by atoms with Crippen LogP contribution in [0.1, 0.15) is 31.9 Å². The first-order valence-electron chi connectivity index (χ1n) is 10.3. The third kappa shape index (κ3) is 7.18. The van der Waals surface area contributed by atoms with Gasteiger partial charge in [0.25, 0.3) is 0 Å². The van der Waals surface area contributed by atoms with E-state index in [1.807, 2.05) is 39.1 Å². The quantitative estimate of drug-likeness (QED) is 0.333. The molecule has 0 atom stereocenters. The lowest BCUT2D eigenvalue weighted by Gasteiger charge is -2.37. The van der Waals surface area contributed by atoms with E-state index < -0.39 is 5.60 Å². The summed E-state index contributed by atoms with van der Waals surface area (Å²) in [6.07, 6.45) is 1.59. The van der Waals surface area contributed by atoms with Gasteiger partial charge in [-0.25, -0.2) is 9.63 Å². The van der Waals surface area contributed by atoms with Gasteiger partial charge in [-0.05, 0) is 52.0 Å². The molecule has 6 nitrogen and oxygen atoms in total. The molecule has 0 saturated carbocycles. The van der Waals surface area contributed by atoms with Crippen LogP contribution in [0.4, 0.5) is 10.5 Å². The van der Waals surface area contributed by atoms with Crippen molar-refractivity contribution in [2.45, 2.75) is 38.2 Å². The van der Waals surface area contributed by atoms with Crippen molar-refractivity contribution in [3.8, 4) is 0 Å². The van der Waals surface area contributed by atoms with Crippen molar-refractivity contribution in [1.82, 2.24) is 9.73 Å². The molecule has 0 radical (unpaired) electrons. The maximum Gasteiger partial charge on any atom is 0.410 e. The summed E-state index contributed by atoms with van der Waals surface area (Å²) in [5, 5.41) is 4.39. The molecule has 1 N–H and O–H groups in total. The molecule has 0 unspecified atom stereocenters. The lowest BCUT2D eigenvalue weighted by molar-refractivity contribution is 0.0240. The van der Waals surface area contributed by atoms with Gasteiger partial charge in [-0.2, -0.15) is 5.10 Å². The molecule has 1 aliphatic heterocycles. The molecule has 8 heteroatoms. The molecule has 1 saturated heterocycles. The topological polar surface area (TPSA) is 57.2 Å². The van der Waals surface area contributed by atoms with Crippen molar-refractivity contribution >= 4 is 45.9 Å². The van der Waals surface area contributed by atoms with Gasteiger partial charge in [0, 0.05) is 58.7 Å². The third-order valence-electron chi connectivity index (χ3n) is 4.71. The van der Waals surface area contributed by atoms with E-state index in [0.29, 0.717) is 13.1 Å². The van der Waals surface area contributed by atoms with Crippen LogP contribution in [0.25, 0.3) is 0 Å². The average Bonchev–Trinajstić information content (AvgIpc) is 2.72. The molecule has 1 heterocycles. The molecule has 0 aromatic heterocycles. The van der Waals surface area contributed by atoms with Gasteiger partial charge in [0.1, 0.15) is 5.60 Å². The van der Waals surface area contributed by atoms with Crippen LogP contribution in [0.5, 0.6) is 0 Å². The Hall–Kier alpha value is -2.19. The maximum atomic E-state index is 12.3. The second-order valence-electron chi connectivity index (χ2n) is 8.42. The van der Waals surface area contributed by atoms with Gasteiger partial charge >= 0.3 is 6.09 Å². The van der Waals surface area contributed by atoms with Crippen LogP contribution in [0.2, 0.25) is 0 Å². The number of amides is 1. The molecule has 1 fully saturated rings. The normalized spacial score (nSPS) is 14.7. The number of benzene rings is 2. The zero-order chi connectivity index (χ0) is 22.4. The van der Waals surface area contributed by atoms with E-state index in [0.717, 1.165) is 33.7 Å². The first-order valence-corrected chi connectivity index (χ1v) is 11.9. The molecule has 2 aromatic carbocycles. The summed E-state index contributed by atoms with van der Waals surface area (Å²) < 4.78 is 6.51. The number of hydrogen-bond acceptors (Lipinski definition) is 6. The molecule has 0 aliphatic carbocycles. The van der Waals surface area contributed by atoms with Crippen molar-refractivity contribution in [2.75, 3.05) is 31.1 Å². The highest BCUT2D eigenvalue weighted by Crippen LogP contribution is 2.26. The van der Waals surface area contributed by atoms with Crippen LogP contribution < -0.4 is 9.73 Å². The Bertz CT molecular complexity index is 920. The first-order chi connectivity index (χ1) is 14.7. The molecule has 0 spiro atoms. The Morgan fingerprint density at radius 3 is 2.45 bits per heavy atom. The smallest absolute Gasteiger partial charge is 0.410 e. The van der Waals surface area contributed by atoms with E-state index in [1.165, 1.54) is 17.5 Å². The van der Waals surface area contributed by atoms with Crippen molar-refractivity contribution in [3.63, 3.8) is 0 Å². The Labute approximate surface area is 197 Å². The number of hydrogen-bond donors (Lipinski definition) is 1. The maximum absolute atomic E-state index is 12.3. The minimum absolute atomic E-state index is 0.250. The first kappa shape index (κ1) is 23.5. The summed E-state index contributed by atoms with van der Waals surface area (Å²) in [6.45, 7) is 10.5. The SMILES string of the molecule is Cc1ccc(SN/N=C/c2ccc(Br)cc2N2CCN(C(=O)OC(C)(C)C)CC2)cc1. The number of halogens is 1. The highest BCUT2D eigenvalue weighted by Gasteiger charge is 2.26. The number of ether oxygens (including phenoxy) is 1. The van der Waals surface area contributed by atoms with Crippen LogP contribution >= 0.6 is 27.9 Å². The highest BCUT2D eigenvalue weighted by atomic mass is 79.9. The summed E-state index contributed by atoms with van der Waals surface area (Å²) in [4.78, 5) is 20.5. The molecule has 0 bridgehead atoms. The van der Waals surface area contributed by atoms with E-state index in [9.17, 15) is 4.79 Å². The lowest BCUT2D eigenvalue weighted by Crippen LogP contribution is -2.50. The van der Waals surface area contributed by atoms with E-state index >= 15 is 0 Å². The summed E-state index contributed by atoms with van der Waals surface area (Å²) in [5.41, 5.74) is 2.86. The van der Waals surface area contributed by atoms with Gasteiger partial charge in [0.05, 0.1) is 6.21 Å². The zero-order valence-corrected chi connectivity index (χ0v) is 20.8. The minimum atomic E-state index is -0.480. The van der Waals surface area contributed by atoms with Crippen LogP contribution in [-0.4, -0.2) is 49.0 Å². The van der Waals surface area contributed by atoms with Crippen LogP contribution in [-0.2, 0) is 4.74 Å². The van der Waals surface area contributed by atoms with E-state index in [4.69, 9.17) is 4.74 Å². The van der Waals surface area contributed by atoms with Crippen molar-refractivity contribution < 1.29 is 9.53 Å². The number of hydrazone groups is 1. The fourth-order valence-corrected chi connectivity index (χ4v) is 3.97. The van der Waals surface area contributed by atoms with Gasteiger partial charge in [0.2, 0.25) is 0 Å². The number of nitrogens with one attached hydrogen (secondary N) is 1. The molecule has 2 aromatic rings. The average molecular weight is 505 g/mol. The summed E-state index contributed by atoms with van der Waals surface area (Å²) in [5.74, 6) is 0. The number of rotatable bonds is 5. The monoisotopic (exact) mass is 504 g/mol. The van der Waals surface area contributed by atoms with Crippen molar-refractivity contribution in [2.24, 2.45) is 5.10 Å². The fraction of sp³-hybridized carbons (Fsp3) is 0.391. The summed E-state index contributed by atoms with van der Waals surface area (Å²) >= 11 is 5.05. The number of anilines is 1. The predicted molar refractivity (Wildman–Crippen MR) is 132 cm³/mol. The van der Waals surface area contributed by atoms with E-state index in [-0.39, 0.29) is 6.09 Å². The standard InChI is InChI=1S/C23H29BrN4O2S/c1-17-5-9-20(10-6-17)31-26-25-16-18-7-8-19(24)15-21(18)27-11-13-28(14-12-27)22(29)30-23(2,3)4/h5-10,15-16,26H,11-14H2,1-4H3/b25-16+. The zero-order valence-electron chi connectivity index (χ0n) is 18.4. The Balaban J connectivity index is 1.61. The van der Waals surface area contributed by atoms with Crippen LogP contribution in [0.3, 0.4) is 0 Å². The number of piperazine rings is 1. The fourth-order valence-electron chi connectivity index (χ4n) is 3.14. The Morgan fingerprint density at radius 1 is 1.13 bits per heavy atom. The number of carbonyl (C=O) groups is 1. The highest BCUT2D eigenvalue weighted by molar-refractivity contribution is 9.10. The lowest BCUT2D eigenvalue weighted by atomic mass is 10.1. The van der Waals surface area contributed by atoms with Gasteiger partial charge in [-0.1, -0.05) is 39.7 Å². The van der Waals surface area contributed by atoms with Gasteiger partial charge in [-0.15, -0.1) is 0 Å². The predicted octanol–water partition coefficient (Wildman–Crippen LogP) is 5.45. The minimum Gasteiger partial charge on any atom is -0.444 e. The third-order valence-corrected chi connectivity index (χ3v) is 5.90.